The fourth-order valence-electron chi connectivity index (χ4n) is 1.09. The minimum atomic E-state index is -0.893. The summed E-state index contributed by atoms with van der Waals surface area (Å²) in [6, 6.07) is 0. The lowest BCUT2D eigenvalue weighted by atomic mass is 10.3. The van der Waals surface area contributed by atoms with Crippen LogP contribution in [-0.2, 0) is 20.3 Å². The van der Waals surface area contributed by atoms with Gasteiger partial charge in [0, 0.05) is 23.7 Å². The van der Waals surface area contributed by atoms with E-state index in [9.17, 15) is 4.21 Å². The average Bonchev–Trinajstić information content (AvgIpc) is 2.19. The van der Waals surface area contributed by atoms with Crippen molar-refractivity contribution in [2.75, 3.05) is 38.4 Å². The molecule has 0 rings (SSSR count). The Morgan fingerprint density at radius 1 is 1.40 bits per heavy atom. The Hall–Kier alpha value is 0.0300. The molecular weight excluding hydrogens is 216 g/mol. The number of hydrogen-bond acceptors (Lipinski definition) is 4. The van der Waals surface area contributed by atoms with Gasteiger partial charge in [0.05, 0.1) is 31.7 Å². The summed E-state index contributed by atoms with van der Waals surface area (Å²) in [5.74, 6) is 0.464. The van der Waals surface area contributed by atoms with Gasteiger partial charge in [0.2, 0.25) is 0 Å². The molecule has 2 atom stereocenters. The second-order valence-corrected chi connectivity index (χ2v) is 4.86. The first kappa shape index (κ1) is 15.0. The molecule has 15 heavy (non-hydrogen) atoms. The second kappa shape index (κ2) is 10.5. The largest absolute Gasteiger partial charge is 0.394 e. The zero-order chi connectivity index (χ0) is 11.5. The van der Waals surface area contributed by atoms with Gasteiger partial charge in [-0.05, 0) is 6.42 Å². The van der Waals surface area contributed by atoms with Crippen molar-refractivity contribution in [3.63, 3.8) is 0 Å². The molecule has 92 valence electrons. The first-order valence-corrected chi connectivity index (χ1v) is 7.03. The maximum Gasteiger partial charge on any atom is 0.0924 e. The van der Waals surface area contributed by atoms with Crippen molar-refractivity contribution in [2.45, 2.75) is 25.9 Å². The zero-order valence-corrected chi connectivity index (χ0v) is 10.4. The summed E-state index contributed by atoms with van der Waals surface area (Å²) in [6.45, 7) is 3.54. The molecular formula is C10H22O4S. The van der Waals surface area contributed by atoms with E-state index >= 15 is 0 Å². The highest BCUT2D eigenvalue weighted by Crippen LogP contribution is 1.98. The van der Waals surface area contributed by atoms with Crippen molar-refractivity contribution in [3.8, 4) is 0 Å². The van der Waals surface area contributed by atoms with Crippen LogP contribution in [0.15, 0.2) is 0 Å². The standard InChI is InChI=1S/C10H22O4S/c1-3-4-6-13-8-10(9-15(2)12)14-7-5-11/h10-11H,3-9H2,1-2H3. The minimum Gasteiger partial charge on any atom is -0.394 e. The molecule has 0 aromatic rings. The molecule has 2 unspecified atom stereocenters. The molecule has 0 aromatic carbocycles. The average molecular weight is 238 g/mol. The number of ether oxygens (including phenoxy) is 2. The van der Waals surface area contributed by atoms with Gasteiger partial charge in [-0.15, -0.1) is 0 Å². The molecule has 0 heterocycles. The molecule has 5 heteroatoms. The highest BCUT2D eigenvalue weighted by atomic mass is 32.2. The summed E-state index contributed by atoms with van der Waals surface area (Å²) in [7, 11) is -0.893. The van der Waals surface area contributed by atoms with Crippen LogP contribution in [0.3, 0.4) is 0 Å². The van der Waals surface area contributed by atoms with Crippen LogP contribution in [-0.4, -0.2) is 53.9 Å². The predicted molar refractivity (Wildman–Crippen MR) is 61.5 cm³/mol. The van der Waals surface area contributed by atoms with E-state index in [1.807, 2.05) is 0 Å². The van der Waals surface area contributed by atoms with E-state index in [1.165, 1.54) is 0 Å². The van der Waals surface area contributed by atoms with Gasteiger partial charge in [-0.3, -0.25) is 4.21 Å². The van der Waals surface area contributed by atoms with Gasteiger partial charge in [-0.25, -0.2) is 0 Å². The molecule has 0 aliphatic carbocycles. The molecule has 1 N–H and O–H groups in total. The molecule has 4 nitrogen and oxygen atoms in total. The van der Waals surface area contributed by atoms with Crippen LogP contribution in [0.5, 0.6) is 0 Å². The van der Waals surface area contributed by atoms with Crippen LogP contribution < -0.4 is 0 Å². The van der Waals surface area contributed by atoms with Crippen LogP contribution in [0.4, 0.5) is 0 Å². The van der Waals surface area contributed by atoms with E-state index in [-0.39, 0.29) is 19.3 Å². The van der Waals surface area contributed by atoms with Crippen molar-refractivity contribution in [3.05, 3.63) is 0 Å². The van der Waals surface area contributed by atoms with Gasteiger partial charge in [-0.2, -0.15) is 0 Å². The normalized spacial score (nSPS) is 15.1. The van der Waals surface area contributed by atoms with Crippen molar-refractivity contribution in [2.24, 2.45) is 0 Å². The van der Waals surface area contributed by atoms with Gasteiger partial charge in [-0.1, -0.05) is 13.3 Å². The summed E-state index contributed by atoms with van der Waals surface area (Å²) >= 11 is 0. The smallest absolute Gasteiger partial charge is 0.0924 e. The van der Waals surface area contributed by atoms with E-state index in [0.717, 1.165) is 12.8 Å². The second-order valence-electron chi connectivity index (χ2n) is 3.38. The van der Waals surface area contributed by atoms with Crippen LogP contribution in [0.1, 0.15) is 19.8 Å². The zero-order valence-electron chi connectivity index (χ0n) is 9.61. The molecule has 0 spiro atoms. The van der Waals surface area contributed by atoms with Crippen molar-refractivity contribution in [1.29, 1.82) is 0 Å². The van der Waals surface area contributed by atoms with Crippen LogP contribution >= 0.6 is 0 Å². The molecule has 0 radical (unpaired) electrons. The van der Waals surface area contributed by atoms with Crippen molar-refractivity contribution in [1.82, 2.24) is 0 Å². The lowest BCUT2D eigenvalue weighted by Gasteiger charge is -2.16. The van der Waals surface area contributed by atoms with Crippen molar-refractivity contribution >= 4 is 10.8 Å². The van der Waals surface area contributed by atoms with Gasteiger partial charge in [0.25, 0.3) is 0 Å². The maximum absolute atomic E-state index is 11.0. The predicted octanol–water partition coefficient (Wildman–Crippen LogP) is 0.559. The third-order valence-electron chi connectivity index (χ3n) is 1.81. The maximum atomic E-state index is 11.0. The molecule has 0 amide bonds. The Morgan fingerprint density at radius 2 is 2.13 bits per heavy atom. The van der Waals surface area contributed by atoms with Gasteiger partial charge >= 0.3 is 0 Å². The number of rotatable bonds is 10. The number of aliphatic hydroxyl groups is 1. The number of hydrogen-bond donors (Lipinski definition) is 1. The van der Waals surface area contributed by atoms with E-state index in [0.29, 0.717) is 19.0 Å². The SMILES string of the molecule is CCCCOCC(CS(C)=O)OCCO. The van der Waals surface area contributed by atoms with E-state index < -0.39 is 10.8 Å². The van der Waals surface area contributed by atoms with E-state index in [1.54, 1.807) is 6.26 Å². The topological polar surface area (TPSA) is 55.8 Å². The minimum absolute atomic E-state index is 0.0121. The summed E-state index contributed by atoms with van der Waals surface area (Å²) < 4.78 is 21.7. The third-order valence-corrected chi connectivity index (χ3v) is 2.65. The molecule has 0 fully saturated rings. The fourth-order valence-corrected chi connectivity index (χ4v) is 1.80. The highest BCUT2D eigenvalue weighted by molar-refractivity contribution is 7.84. The third kappa shape index (κ3) is 10.3. The molecule has 0 bridgehead atoms. The molecule has 0 saturated heterocycles. The van der Waals surface area contributed by atoms with E-state index in [4.69, 9.17) is 14.6 Å². The lowest BCUT2D eigenvalue weighted by Crippen LogP contribution is -2.27. The molecule has 0 aromatic heterocycles. The summed E-state index contributed by atoms with van der Waals surface area (Å²) in [5.41, 5.74) is 0. The Balaban J connectivity index is 3.64. The number of aliphatic hydroxyl groups excluding tert-OH is 1. The Bertz CT molecular complexity index is 164. The van der Waals surface area contributed by atoms with Crippen LogP contribution in [0.2, 0.25) is 0 Å². The van der Waals surface area contributed by atoms with Gasteiger partial charge in [0.1, 0.15) is 0 Å². The summed E-state index contributed by atoms with van der Waals surface area (Å²) in [6.07, 6.45) is 3.60. The monoisotopic (exact) mass is 238 g/mol. The Labute approximate surface area is 94.4 Å². The highest BCUT2D eigenvalue weighted by Gasteiger charge is 2.11. The lowest BCUT2D eigenvalue weighted by molar-refractivity contribution is -0.0167. The first-order chi connectivity index (χ1) is 7.20. The van der Waals surface area contributed by atoms with Gasteiger partial charge < -0.3 is 14.6 Å². The molecule has 0 saturated carbocycles. The molecule has 0 aliphatic rings. The van der Waals surface area contributed by atoms with Crippen LogP contribution in [0, 0.1) is 0 Å². The van der Waals surface area contributed by atoms with Gasteiger partial charge in [0.15, 0.2) is 0 Å². The van der Waals surface area contributed by atoms with E-state index in [2.05, 4.69) is 6.92 Å². The Morgan fingerprint density at radius 3 is 2.67 bits per heavy atom. The summed E-state index contributed by atoms with van der Waals surface area (Å²) in [5, 5.41) is 8.62. The Kier molecular flexibility index (Phi) is 10.6. The first-order valence-electron chi connectivity index (χ1n) is 5.31. The number of unbranched alkanes of at least 4 members (excludes halogenated alkanes) is 1. The quantitative estimate of drug-likeness (QED) is 0.565. The fraction of sp³-hybridized carbons (Fsp3) is 1.00. The van der Waals surface area contributed by atoms with Crippen molar-refractivity contribution < 1.29 is 18.8 Å². The van der Waals surface area contributed by atoms with Crippen LogP contribution in [0.25, 0.3) is 0 Å². The molecule has 0 aliphatic heterocycles. The summed E-state index contributed by atoms with van der Waals surface area (Å²) in [4.78, 5) is 0.